The second kappa shape index (κ2) is 11.6. The van der Waals surface area contributed by atoms with E-state index in [0.29, 0.717) is 0 Å². The molecule has 0 unspecified atom stereocenters. The Morgan fingerprint density at radius 1 is 1.25 bits per heavy atom. The van der Waals surface area contributed by atoms with Crippen LogP contribution in [0.5, 0.6) is 0 Å². The van der Waals surface area contributed by atoms with Crippen molar-refractivity contribution in [3.63, 3.8) is 0 Å². The van der Waals surface area contributed by atoms with Gasteiger partial charge in [-0.1, -0.05) is 13.2 Å². The van der Waals surface area contributed by atoms with Gasteiger partial charge in [-0.25, -0.2) is 0 Å². The van der Waals surface area contributed by atoms with Crippen molar-refractivity contribution in [1.29, 1.82) is 0 Å². The molecule has 4 heavy (non-hydrogen) atoms. The average molecular weight is 70.1 g/mol. The molecule has 0 bridgehead atoms. The minimum Gasteiger partial charge on any atom is -0.137 e. The predicted octanol–water partition coefficient (Wildman–Crippen LogP) is -0.227. The highest BCUT2D eigenvalue weighted by Crippen LogP contribution is 1.16. The molecule has 0 saturated carbocycles. The van der Waals surface area contributed by atoms with Crippen LogP contribution < -0.4 is 0 Å². The molecule has 0 saturated heterocycles. The smallest absolute Gasteiger partial charge is 0.137 e. The zero-order valence-corrected chi connectivity index (χ0v) is 1.91. The summed E-state index contributed by atoms with van der Waals surface area (Å²) < 4.78 is 0. The second-order valence-corrected chi connectivity index (χ2v) is 0.250. The number of rotatable bonds is 0. The van der Waals surface area contributed by atoms with Crippen LogP contribution in [0.15, 0.2) is 18.9 Å². The molecule has 0 aromatic heterocycles. The molecule has 0 aromatic rings. The van der Waals surface area contributed by atoms with E-state index in [4.69, 9.17) is 0 Å². The lowest BCUT2D eigenvalue weighted by Crippen LogP contribution is -0.844. The second-order valence-electron chi connectivity index (χ2n) is 0.250. The van der Waals surface area contributed by atoms with Crippen molar-refractivity contribution in [1.82, 2.24) is 0 Å². The quantitative estimate of drug-likeness (QED) is 0.273. The van der Waals surface area contributed by atoms with Gasteiger partial charge in [-0.15, -0.1) is 5.73 Å². The number of hydrogen-bond acceptors (Lipinski definition) is 0. The van der Waals surface area contributed by atoms with Crippen molar-refractivity contribution in [2.75, 3.05) is 0 Å². The first-order chi connectivity index (χ1) is 1.41. The molecule has 0 nitrogen and oxygen atoms in total. The standard InChI is InChI=1S/C3H4.Al.3H/c1-3-2;;;;/h1-2H2;;;;. The van der Waals surface area contributed by atoms with E-state index < -0.39 is 0 Å². The summed E-state index contributed by atoms with van der Waals surface area (Å²) in [6.07, 6.45) is 0. The Hall–Kier alpha value is 0.0525. The first kappa shape index (κ1) is 8.96. The van der Waals surface area contributed by atoms with Gasteiger partial charge < -0.3 is 0 Å². The van der Waals surface area contributed by atoms with Crippen LogP contribution in [0.2, 0.25) is 0 Å². The third kappa shape index (κ3) is 826. The van der Waals surface area contributed by atoms with Crippen molar-refractivity contribution < 1.29 is 0 Å². The molecule has 0 radical (unpaired) electrons. The van der Waals surface area contributed by atoms with Gasteiger partial charge in [-0.2, -0.15) is 0 Å². The van der Waals surface area contributed by atoms with Gasteiger partial charge in [0.05, 0.1) is 0 Å². The van der Waals surface area contributed by atoms with Crippen LogP contribution in [0.4, 0.5) is 0 Å². The lowest BCUT2D eigenvalue weighted by molar-refractivity contribution is 2.51. The topological polar surface area (TPSA) is 0 Å². The zero-order chi connectivity index (χ0) is 2.71. The first-order valence-electron chi connectivity index (χ1n) is 0.707. The van der Waals surface area contributed by atoms with Gasteiger partial charge in [0.1, 0.15) is 0 Å². The van der Waals surface area contributed by atoms with Gasteiger partial charge >= 0.3 is 0 Å². The van der Waals surface area contributed by atoms with Gasteiger partial charge in [-0.3, -0.25) is 0 Å². The summed E-state index contributed by atoms with van der Waals surface area (Å²) in [5.41, 5.74) is 2.25. The maximum atomic E-state index is 3.12. The lowest BCUT2D eigenvalue weighted by atomic mass is 11.0. The van der Waals surface area contributed by atoms with Crippen LogP contribution >= 0.6 is 0 Å². The fourth-order valence-corrected chi connectivity index (χ4v) is 0. The molecule has 0 aliphatic rings. The summed E-state index contributed by atoms with van der Waals surface area (Å²) in [5.74, 6) is 0. The highest BCUT2D eigenvalue weighted by Gasteiger charge is 0.904. The van der Waals surface area contributed by atoms with Crippen molar-refractivity contribution in [3.8, 4) is 0 Å². The van der Waals surface area contributed by atoms with Gasteiger partial charge in [0.15, 0.2) is 17.4 Å². The summed E-state index contributed by atoms with van der Waals surface area (Å²) in [6.45, 7) is 6.25. The van der Waals surface area contributed by atoms with Crippen LogP contribution in [0.3, 0.4) is 0 Å². The molecular weight excluding hydrogens is 63.0 g/mol. The van der Waals surface area contributed by atoms with E-state index in [1.807, 2.05) is 0 Å². The molecule has 0 heterocycles. The fraction of sp³-hybridized carbons (Fsp3) is 0. The van der Waals surface area contributed by atoms with E-state index in [0.717, 1.165) is 0 Å². The van der Waals surface area contributed by atoms with E-state index in [1.54, 1.807) is 0 Å². The van der Waals surface area contributed by atoms with Crippen molar-refractivity contribution in [2.45, 2.75) is 0 Å². The van der Waals surface area contributed by atoms with Gasteiger partial charge in [0.25, 0.3) is 0 Å². The van der Waals surface area contributed by atoms with Crippen LogP contribution in [0.25, 0.3) is 0 Å². The molecule has 0 atom stereocenters. The molecule has 0 rings (SSSR count). The molecule has 0 aliphatic carbocycles. The molecule has 0 N–H and O–H groups in total. The highest BCUT2D eigenvalue weighted by atomic mass is 27.0. The summed E-state index contributed by atoms with van der Waals surface area (Å²) in [6, 6.07) is 0. The third-order valence-electron chi connectivity index (χ3n) is 0. The van der Waals surface area contributed by atoms with Crippen LogP contribution in [0, 0.1) is 0 Å². The SMILES string of the molecule is C=C=C.[AlH3]. The summed E-state index contributed by atoms with van der Waals surface area (Å²) in [4.78, 5) is 0. The predicted molar refractivity (Wildman–Crippen MR) is 24.7 cm³/mol. The molecule has 0 fully saturated rings. The fourth-order valence-electron chi connectivity index (χ4n) is 0. The van der Waals surface area contributed by atoms with Crippen molar-refractivity contribution in [2.24, 2.45) is 0 Å². The van der Waals surface area contributed by atoms with Gasteiger partial charge in [0.2, 0.25) is 0 Å². The molecule has 22 valence electrons. The first-order valence-corrected chi connectivity index (χ1v) is 0.707. The van der Waals surface area contributed by atoms with E-state index >= 15 is 0 Å². The van der Waals surface area contributed by atoms with Gasteiger partial charge in [0, 0.05) is 0 Å². The largest absolute Gasteiger partial charge is 0.187 e. The van der Waals surface area contributed by atoms with E-state index in [-0.39, 0.29) is 17.4 Å². The van der Waals surface area contributed by atoms with Crippen LogP contribution in [-0.2, 0) is 0 Å². The normalized spacial score (nSPS) is 2.00. The third-order valence-corrected chi connectivity index (χ3v) is 0. The summed E-state index contributed by atoms with van der Waals surface area (Å²) in [7, 11) is 0. The molecule has 0 aliphatic heterocycles. The van der Waals surface area contributed by atoms with Crippen molar-refractivity contribution in [3.05, 3.63) is 18.9 Å². The Labute approximate surface area is 37.0 Å². The monoisotopic (exact) mass is 70.0 g/mol. The Morgan fingerprint density at radius 2 is 1.25 bits per heavy atom. The lowest BCUT2D eigenvalue weighted by Gasteiger charge is -1.10. The average Bonchev–Trinajstić information content (AvgIpc) is 0.918. The van der Waals surface area contributed by atoms with Crippen LogP contribution in [-0.4, -0.2) is 17.4 Å². The Balaban J connectivity index is 0. The molecule has 0 amide bonds. The van der Waals surface area contributed by atoms with Gasteiger partial charge in [-0.05, 0) is 0 Å². The molecule has 0 spiro atoms. The van der Waals surface area contributed by atoms with Crippen LogP contribution in [0.1, 0.15) is 0 Å². The Bertz CT molecular complexity index is 24.3. The summed E-state index contributed by atoms with van der Waals surface area (Å²) in [5, 5.41) is 0. The Kier molecular flexibility index (Phi) is 26.0. The van der Waals surface area contributed by atoms with E-state index in [2.05, 4.69) is 18.9 Å². The van der Waals surface area contributed by atoms with E-state index in [1.165, 1.54) is 0 Å². The molecule has 0 aromatic carbocycles. The maximum absolute atomic E-state index is 3.12. The minimum atomic E-state index is 0. The summed E-state index contributed by atoms with van der Waals surface area (Å²) >= 11 is 0. The number of hydrogen-bond donors (Lipinski definition) is 0. The molecule has 1 heteroatoms. The van der Waals surface area contributed by atoms with Crippen molar-refractivity contribution >= 4 is 17.4 Å². The minimum absolute atomic E-state index is 0. The Morgan fingerprint density at radius 3 is 1.25 bits per heavy atom. The zero-order valence-electron chi connectivity index (χ0n) is 1.91. The highest BCUT2D eigenvalue weighted by molar-refractivity contribution is 5.75. The maximum Gasteiger partial charge on any atom is 0.187 e. The molecular formula is C3H7Al. The van der Waals surface area contributed by atoms with E-state index in [9.17, 15) is 0 Å².